The Morgan fingerprint density at radius 1 is 0.964 bits per heavy atom. The van der Waals surface area contributed by atoms with E-state index in [1.807, 2.05) is 6.07 Å². The van der Waals surface area contributed by atoms with Crippen molar-refractivity contribution in [2.24, 2.45) is 23.7 Å². The molecule has 2 aliphatic carbocycles. The zero-order chi connectivity index (χ0) is 39.8. The molecule has 8 rings (SSSR count). The Kier molecular flexibility index (Phi) is 9.11. The molecule has 6 unspecified atom stereocenters. The van der Waals surface area contributed by atoms with Gasteiger partial charge >= 0.3 is 12.1 Å². The van der Waals surface area contributed by atoms with Crippen LogP contribution in [0.3, 0.4) is 0 Å². The number of carboxylic acids is 1. The molecule has 1 aromatic heterocycles. The number of amides is 4. The van der Waals surface area contributed by atoms with Crippen LogP contribution < -0.4 is 5.43 Å². The number of carboxylic acid groups (broad SMARTS) is 1. The van der Waals surface area contributed by atoms with Crippen LogP contribution in [-0.4, -0.2) is 61.2 Å². The second-order valence-corrected chi connectivity index (χ2v) is 15.3. The summed E-state index contributed by atoms with van der Waals surface area (Å²) in [4.78, 5) is 74.5. The molecule has 1 saturated carbocycles. The zero-order valence-corrected chi connectivity index (χ0v) is 30.6. The number of likely N-dealkylation sites (tertiary alicyclic amines) is 1. The predicted octanol–water partition coefficient (Wildman–Crippen LogP) is 7.12. The van der Waals surface area contributed by atoms with Crippen LogP contribution in [-0.2, 0) is 35.6 Å². The van der Waals surface area contributed by atoms with Crippen LogP contribution in [0, 0.1) is 23.7 Å². The minimum atomic E-state index is -4.78. The number of rotatable bonds is 8. The largest absolute Gasteiger partial charge is 0.508 e. The lowest BCUT2D eigenvalue weighted by atomic mass is 9.48. The highest BCUT2D eigenvalue weighted by atomic mass is 35.5. The summed E-state index contributed by atoms with van der Waals surface area (Å²) < 4.78 is 40.5. The highest BCUT2D eigenvalue weighted by molar-refractivity contribution is 6.33. The SMILES string of the molecule is O=C(O)CCCN1C(=O)C2CC=C3C(CC4C(=O)N(Nc5ncc(C(F)(F)F)cc5Cl)C(=O)C4(c4ccc(Cl)cc4)C3c3c(O)ccc4ccccc34)C2C1=O. The Hall–Kier alpha value is -5.47. The van der Waals surface area contributed by atoms with Gasteiger partial charge in [-0.25, -0.2) is 4.98 Å². The Labute approximate surface area is 326 Å². The van der Waals surface area contributed by atoms with Gasteiger partial charge in [-0.2, -0.15) is 18.2 Å². The van der Waals surface area contributed by atoms with Gasteiger partial charge in [0.05, 0.1) is 33.8 Å². The smallest absolute Gasteiger partial charge is 0.417 e. The van der Waals surface area contributed by atoms with Gasteiger partial charge in [0.2, 0.25) is 11.8 Å². The molecule has 2 aliphatic heterocycles. The topological polar surface area (TPSA) is 157 Å². The van der Waals surface area contributed by atoms with Crippen molar-refractivity contribution in [2.45, 2.75) is 43.2 Å². The third-order valence-corrected chi connectivity index (χ3v) is 12.2. The van der Waals surface area contributed by atoms with Crippen LogP contribution in [0.2, 0.25) is 10.0 Å². The second-order valence-electron chi connectivity index (χ2n) is 14.5. The molecule has 4 amide bonds. The van der Waals surface area contributed by atoms with E-state index < -0.39 is 87.2 Å². The number of aromatic nitrogens is 1. The summed E-state index contributed by atoms with van der Waals surface area (Å²) in [7, 11) is 0. The highest BCUT2D eigenvalue weighted by Crippen LogP contribution is 2.65. The molecule has 4 aromatic rings. The predicted molar refractivity (Wildman–Crippen MR) is 196 cm³/mol. The number of hydrogen-bond donors (Lipinski definition) is 3. The van der Waals surface area contributed by atoms with Crippen molar-refractivity contribution in [2.75, 3.05) is 12.0 Å². The normalized spacial score (nSPS) is 25.9. The lowest BCUT2D eigenvalue weighted by Gasteiger charge is -2.51. The number of carbonyl (C=O) groups excluding carboxylic acids is 4. The molecule has 3 aromatic carbocycles. The first-order valence-electron chi connectivity index (χ1n) is 17.8. The van der Waals surface area contributed by atoms with Crippen molar-refractivity contribution in [3.05, 3.63) is 111 Å². The van der Waals surface area contributed by atoms with Gasteiger partial charge in [0, 0.05) is 35.7 Å². The lowest BCUT2D eigenvalue weighted by Crippen LogP contribution is -2.53. The molecule has 3 N–H and O–H groups in total. The molecule has 0 radical (unpaired) electrons. The van der Waals surface area contributed by atoms with E-state index in [4.69, 9.17) is 23.2 Å². The number of aliphatic carboxylic acids is 1. The molecule has 0 bridgehead atoms. The molecule has 3 fully saturated rings. The Balaban J connectivity index is 1.34. The van der Waals surface area contributed by atoms with Gasteiger partial charge in [-0.05, 0) is 65.8 Å². The van der Waals surface area contributed by atoms with Gasteiger partial charge in [0.25, 0.3) is 11.8 Å². The monoisotopic (exact) mass is 806 g/mol. The molecule has 2 saturated heterocycles. The summed E-state index contributed by atoms with van der Waals surface area (Å²) in [6, 6.07) is 17.2. The maximum Gasteiger partial charge on any atom is 0.417 e. The van der Waals surface area contributed by atoms with Crippen LogP contribution in [0.5, 0.6) is 5.75 Å². The summed E-state index contributed by atoms with van der Waals surface area (Å²) >= 11 is 12.6. The quantitative estimate of drug-likeness (QED) is 0.125. The molecule has 16 heteroatoms. The maximum absolute atomic E-state index is 15.4. The molecule has 0 spiro atoms. The van der Waals surface area contributed by atoms with Crippen molar-refractivity contribution in [1.82, 2.24) is 14.9 Å². The van der Waals surface area contributed by atoms with E-state index in [0.717, 1.165) is 4.90 Å². The maximum atomic E-state index is 15.4. The van der Waals surface area contributed by atoms with Crippen molar-refractivity contribution in [1.29, 1.82) is 0 Å². The van der Waals surface area contributed by atoms with Gasteiger partial charge in [-0.1, -0.05) is 77.3 Å². The number of hydrazine groups is 1. The molecular formula is C40H31Cl2F3N4O7. The molecule has 288 valence electrons. The van der Waals surface area contributed by atoms with Crippen LogP contribution in [0.15, 0.2) is 84.6 Å². The van der Waals surface area contributed by atoms with Gasteiger partial charge in [-0.3, -0.25) is 34.3 Å². The average Bonchev–Trinajstić information content (AvgIpc) is 3.52. The third kappa shape index (κ3) is 5.71. The number of fused-ring (bicyclic) bond motifs is 5. The number of benzene rings is 3. The molecule has 11 nitrogen and oxygen atoms in total. The number of pyridine rings is 1. The van der Waals surface area contributed by atoms with Gasteiger partial charge in [0.15, 0.2) is 5.82 Å². The van der Waals surface area contributed by atoms with Gasteiger partial charge < -0.3 is 10.2 Å². The van der Waals surface area contributed by atoms with E-state index in [-0.39, 0.29) is 38.0 Å². The van der Waals surface area contributed by atoms with E-state index in [9.17, 15) is 42.6 Å². The number of carbonyl (C=O) groups is 5. The van der Waals surface area contributed by atoms with Gasteiger partial charge in [-0.15, -0.1) is 0 Å². The number of nitrogens with zero attached hydrogens (tertiary/aromatic N) is 3. The Morgan fingerprint density at radius 2 is 1.70 bits per heavy atom. The van der Waals surface area contributed by atoms with E-state index in [1.165, 1.54) is 6.07 Å². The lowest BCUT2D eigenvalue weighted by molar-refractivity contribution is -0.142. The van der Waals surface area contributed by atoms with E-state index in [0.29, 0.717) is 49.8 Å². The number of aromatic hydroxyl groups is 1. The number of anilines is 1. The molecular weight excluding hydrogens is 776 g/mol. The third-order valence-electron chi connectivity index (χ3n) is 11.7. The fourth-order valence-electron chi connectivity index (χ4n) is 9.36. The minimum Gasteiger partial charge on any atom is -0.508 e. The van der Waals surface area contributed by atoms with Crippen LogP contribution >= 0.6 is 23.2 Å². The number of nitrogens with one attached hydrogen (secondary N) is 1. The average molecular weight is 808 g/mol. The molecule has 56 heavy (non-hydrogen) atoms. The Bertz CT molecular complexity index is 2390. The fraction of sp³-hybridized carbons (Fsp3) is 0.300. The number of imide groups is 2. The highest BCUT2D eigenvalue weighted by Gasteiger charge is 2.71. The molecule has 3 heterocycles. The number of phenolic OH excluding ortho intramolecular Hbond substituents is 1. The standard InChI is InChI=1S/C40H31Cl2F3N4O7/c41-22-10-8-20(9-11-22)39-27(36(54)49(38(39)56)47-34-28(42)16-21(18-46-34)40(43,44)45)17-26-24(33(39)32-23-5-2-1-4-19(23)7-14-29(32)50)12-13-25-31(26)37(55)48(35(25)53)15-3-6-30(51)52/h1-2,4-5,7-12,14,16,18,25-27,31,33,50H,3,6,13,15,17H2,(H,46,47)(H,51,52). The first-order valence-corrected chi connectivity index (χ1v) is 18.5. The minimum absolute atomic E-state index is 0.0418. The summed E-state index contributed by atoms with van der Waals surface area (Å²) in [6.07, 6.45) is -2.69. The molecule has 6 atom stereocenters. The van der Waals surface area contributed by atoms with Gasteiger partial charge in [0.1, 0.15) is 5.75 Å². The number of alkyl halides is 3. The second kappa shape index (κ2) is 13.6. The van der Waals surface area contributed by atoms with Crippen molar-refractivity contribution in [3.63, 3.8) is 0 Å². The van der Waals surface area contributed by atoms with Crippen LogP contribution in [0.4, 0.5) is 19.0 Å². The van der Waals surface area contributed by atoms with Crippen LogP contribution in [0.25, 0.3) is 10.8 Å². The number of halogens is 5. The first kappa shape index (κ1) is 37.5. The summed E-state index contributed by atoms with van der Waals surface area (Å²) in [5.74, 6) is -9.28. The number of phenols is 1. The van der Waals surface area contributed by atoms with Crippen molar-refractivity contribution < 1.29 is 47.4 Å². The summed E-state index contributed by atoms with van der Waals surface area (Å²) in [6.45, 7) is -0.110. The van der Waals surface area contributed by atoms with Crippen LogP contribution in [0.1, 0.15) is 48.3 Å². The van der Waals surface area contributed by atoms with Crippen molar-refractivity contribution >= 4 is 69.4 Å². The first-order chi connectivity index (χ1) is 26.6. The van der Waals surface area contributed by atoms with E-state index in [1.54, 1.807) is 54.6 Å². The summed E-state index contributed by atoms with van der Waals surface area (Å²) in [5, 5.41) is 22.8. The van der Waals surface area contributed by atoms with E-state index >= 15 is 4.79 Å². The Morgan fingerprint density at radius 3 is 2.39 bits per heavy atom. The molecule has 4 aliphatic rings. The zero-order valence-electron chi connectivity index (χ0n) is 29.1. The number of hydrogen-bond acceptors (Lipinski definition) is 8. The van der Waals surface area contributed by atoms with E-state index in [2.05, 4.69) is 10.4 Å². The number of allylic oxidation sites excluding steroid dienone is 2. The fourth-order valence-corrected chi connectivity index (χ4v) is 9.69. The summed E-state index contributed by atoms with van der Waals surface area (Å²) in [5.41, 5.74) is 0.772. The van der Waals surface area contributed by atoms with Crippen molar-refractivity contribution in [3.8, 4) is 5.75 Å².